The second-order valence-electron chi connectivity index (χ2n) is 7.37. The summed E-state index contributed by atoms with van der Waals surface area (Å²) in [6, 6.07) is 3.69. The van der Waals surface area contributed by atoms with Crippen molar-refractivity contribution in [3.8, 4) is 11.4 Å². The molecule has 29 heavy (non-hydrogen) atoms. The van der Waals surface area contributed by atoms with Crippen LogP contribution >= 0.6 is 0 Å². The van der Waals surface area contributed by atoms with Crippen LogP contribution < -0.4 is 21.5 Å². The van der Waals surface area contributed by atoms with Gasteiger partial charge in [0, 0.05) is 12.1 Å². The molecule has 0 radical (unpaired) electrons. The normalized spacial score (nSPS) is 12.4. The number of hydrogen-bond acceptors (Lipinski definition) is 7. The van der Waals surface area contributed by atoms with E-state index in [1.54, 1.807) is 0 Å². The molecule has 0 unspecified atom stereocenters. The van der Waals surface area contributed by atoms with Crippen LogP contribution in [0.25, 0.3) is 11.4 Å². The van der Waals surface area contributed by atoms with Crippen LogP contribution in [0.5, 0.6) is 0 Å². The Kier molecular flexibility index (Phi) is 4.93. The molecule has 1 aromatic heterocycles. The van der Waals surface area contributed by atoms with Crippen LogP contribution in [0.1, 0.15) is 32.2 Å². The number of nitrogens with one attached hydrogen (secondary N) is 2. The van der Waals surface area contributed by atoms with E-state index < -0.39 is 40.1 Å². The molecule has 3 aromatic rings. The largest absolute Gasteiger partial charge is 0.471 e. The van der Waals surface area contributed by atoms with E-state index in [0.717, 1.165) is 6.07 Å². The Bertz CT molecular complexity index is 1120. The zero-order valence-electron chi connectivity index (χ0n) is 15.6. The number of nitrogens with zero attached hydrogens (tertiary/aromatic N) is 2. The smallest absolute Gasteiger partial charge is 0.376 e. The van der Waals surface area contributed by atoms with Crippen LogP contribution in [0, 0.1) is 5.82 Å². The minimum absolute atomic E-state index is 0.0148. The first-order valence-electron chi connectivity index (χ1n) is 8.42. The molecule has 2 aromatic carbocycles. The second-order valence-corrected chi connectivity index (χ2v) is 7.37. The summed E-state index contributed by atoms with van der Waals surface area (Å²) in [5, 5.41) is 8.86. The Morgan fingerprint density at radius 2 is 1.72 bits per heavy atom. The second kappa shape index (κ2) is 6.98. The Hall–Kier alpha value is -3.24. The Balaban J connectivity index is 1.76. The molecule has 0 amide bonds. The van der Waals surface area contributed by atoms with Gasteiger partial charge in [0.2, 0.25) is 5.82 Å². The quantitative estimate of drug-likeness (QED) is 0.490. The fraction of sp³-hybridized carbons (Fsp3) is 0.333. The van der Waals surface area contributed by atoms with Crippen LogP contribution in [0.15, 0.2) is 32.3 Å². The highest BCUT2D eigenvalue weighted by Gasteiger charge is 2.38. The zero-order chi connectivity index (χ0) is 21.6. The molecule has 0 aliphatic heterocycles. The number of alkyl halides is 3. The first-order chi connectivity index (χ1) is 13.4. The van der Waals surface area contributed by atoms with Crippen molar-refractivity contribution in [1.29, 1.82) is 0 Å². The molecule has 0 bridgehead atoms. The molecule has 154 valence electrons. The molecule has 3 rings (SSSR count). The molecule has 0 aliphatic carbocycles. The predicted octanol–water partition coefficient (Wildman–Crippen LogP) is 3.31. The van der Waals surface area contributed by atoms with E-state index in [9.17, 15) is 27.2 Å². The summed E-state index contributed by atoms with van der Waals surface area (Å²) in [6.45, 7) is 5.48. The van der Waals surface area contributed by atoms with Crippen molar-refractivity contribution in [2.45, 2.75) is 39.0 Å². The standard InChI is InChI=1S/C18H16F4N4O3/c1-17(2,3)25-12-11(13(27)14(12)28)23-7-8-4-5-9(10(19)6-8)15-24-16(29-26-15)18(20,21)22/h4-6,23,25H,7H2,1-3H3. The van der Waals surface area contributed by atoms with E-state index in [0.29, 0.717) is 5.56 Å². The summed E-state index contributed by atoms with van der Waals surface area (Å²) in [6.07, 6.45) is -4.83. The van der Waals surface area contributed by atoms with Crippen LogP contribution in [0.4, 0.5) is 28.9 Å². The summed E-state index contributed by atoms with van der Waals surface area (Å²) in [7, 11) is 0. The lowest BCUT2D eigenvalue weighted by molar-refractivity contribution is -0.159. The SMILES string of the molecule is CC(C)(C)Nc1c(NCc2ccc(-c3noc(C(F)(F)F)n3)c(F)c2)c(=O)c1=O. The van der Waals surface area contributed by atoms with Gasteiger partial charge in [-0.25, -0.2) is 4.39 Å². The Labute approximate surface area is 161 Å². The average molecular weight is 412 g/mol. The number of rotatable bonds is 5. The molecule has 11 heteroatoms. The monoisotopic (exact) mass is 412 g/mol. The van der Waals surface area contributed by atoms with Crippen LogP contribution in [0.2, 0.25) is 0 Å². The maximum absolute atomic E-state index is 14.3. The lowest BCUT2D eigenvalue weighted by Crippen LogP contribution is -2.41. The topological polar surface area (TPSA) is 97.1 Å². The lowest BCUT2D eigenvalue weighted by Gasteiger charge is -2.24. The molecule has 0 saturated heterocycles. The first-order valence-corrected chi connectivity index (χ1v) is 8.42. The van der Waals surface area contributed by atoms with Gasteiger partial charge < -0.3 is 15.2 Å². The molecule has 0 atom stereocenters. The van der Waals surface area contributed by atoms with Gasteiger partial charge in [-0.2, -0.15) is 18.2 Å². The minimum atomic E-state index is -4.83. The average Bonchev–Trinajstić information content (AvgIpc) is 3.10. The fourth-order valence-corrected chi connectivity index (χ4v) is 2.54. The van der Waals surface area contributed by atoms with Crippen molar-refractivity contribution >= 4 is 11.4 Å². The zero-order valence-corrected chi connectivity index (χ0v) is 15.6. The number of anilines is 2. The van der Waals surface area contributed by atoms with Gasteiger partial charge in [-0.3, -0.25) is 9.59 Å². The summed E-state index contributed by atoms with van der Waals surface area (Å²) in [5.74, 6) is -2.97. The van der Waals surface area contributed by atoms with Crippen molar-refractivity contribution in [3.63, 3.8) is 0 Å². The molecular weight excluding hydrogens is 396 g/mol. The highest BCUT2D eigenvalue weighted by molar-refractivity contribution is 5.74. The molecule has 1 heterocycles. The van der Waals surface area contributed by atoms with Gasteiger partial charge in [0.1, 0.15) is 17.2 Å². The van der Waals surface area contributed by atoms with E-state index in [2.05, 4.69) is 25.3 Å². The van der Waals surface area contributed by atoms with Crippen molar-refractivity contribution in [1.82, 2.24) is 10.1 Å². The lowest BCUT2D eigenvalue weighted by atomic mass is 10.1. The number of halogens is 4. The number of hydrogen-bond donors (Lipinski definition) is 2. The van der Waals surface area contributed by atoms with Crippen LogP contribution in [-0.4, -0.2) is 15.7 Å². The van der Waals surface area contributed by atoms with Gasteiger partial charge in [0.25, 0.3) is 10.9 Å². The van der Waals surface area contributed by atoms with Gasteiger partial charge in [0.15, 0.2) is 0 Å². The number of aromatic nitrogens is 2. The summed E-state index contributed by atoms with van der Waals surface area (Å²) in [4.78, 5) is 26.6. The van der Waals surface area contributed by atoms with Crippen molar-refractivity contribution < 1.29 is 22.1 Å². The van der Waals surface area contributed by atoms with Gasteiger partial charge in [-0.05, 0) is 38.5 Å². The van der Waals surface area contributed by atoms with Crippen molar-refractivity contribution in [3.05, 3.63) is 55.9 Å². The Morgan fingerprint density at radius 1 is 1.07 bits per heavy atom. The third-order valence-electron chi connectivity index (χ3n) is 3.82. The maximum Gasteiger partial charge on any atom is 0.471 e. The van der Waals surface area contributed by atoms with E-state index >= 15 is 0 Å². The van der Waals surface area contributed by atoms with Crippen molar-refractivity contribution in [2.75, 3.05) is 10.6 Å². The third kappa shape index (κ3) is 4.28. The predicted molar refractivity (Wildman–Crippen MR) is 96.8 cm³/mol. The molecular formula is C18H16F4N4O3. The molecule has 0 aliphatic rings. The van der Waals surface area contributed by atoms with Gasteiger partial charge in [0.05, 0.1) is 5.56 Å². The van der Waals surface area contributed by atoms with Crippen LogP contribution in [0.3, 0.4) is 0 Å². The number of benzene rings is 1. The molecule has 0 spiro atoms. The molecule has 7 nitrogen and oxygen atoms in total. The molecule has 0 saturated carbocycles. The van der Waals surface area contributed by atoms with E-state index in [1.807, 2.05) is 20.8 Å². The molecule has 2 N–H and O–H groups in total. The first kappa shape index (κ1) is 20.5. The van der Waals surface area contributed by atoms with E-state index in [1.165, 1.54) is 12.1 Å². The van der Waals surface area contributed by atoms with Crippen molar-refractivity contribution in [2.24, 2.45) is 0 Å². The van der Waals surface area contributed by atoms with E-state index in [-0.39, 0.29) is 23.5 Å². The maximum atomic E-state index is 14.3. The highest BCUT2D eigenvalue weighted by atomic mass is 19.4. The minimum Gasteiger partial charge on any atom is -0.376 e. The van der Waals surface area contributed by atoms with E-state index in [4.69, 9.17) is 0 Å². The fourth-order valence-electron chi connectivity index (χ4n) is 2.54. The van der Waals surface area contributed by atoms with Gasteiger partial charge in [-0.15, -0.1) is 0 Å². The Morgan fingerprint density at radius 3 is 2.28 bits per heavy atom. The van der Waals surface area contributed by atoms with Crippen LogP contribution in [-0.2, 0) is 12.7 Å². The molecule has 0 fully saturated rings. The summed E-state index contributed by atoms with van der Waals surface area (Å²) in [5.41, 5.74) is -1.38. The third-order valence-corrected chi connectivity index (χ3v) is 3.82. The summed E-state index contributed by atoms with van der Waals surface area (Å²) >= 11 is 0. The van der Waals surface area contributed by atoms with Gasteiger partial charge in [-0.1, -0.05) is 11.2 Å². The van der Waals surface area contributed by atoms with Gasteiger partial charge >= 0.3 is 12.1 Å². The summed E-state index contributed by atoms with van der Waals surface area (Å²) < 4.78 is 56.0. The highest BCUT2D eigenvalue weighted by Crippen LogP contribution is 2.30.